The Bertz CT molecular complexity index is 462. The fourth-order valence-electron chi connectivity index (χ4n) is 3.06. The number of allylic oxidation sites excluding steroid dienone is 1. The zero-order valence-corrected chi connectivity index (χ0v) is 12.5. The number of hydrogen-bond acceptors (Lipinski definition) is 2. The largest absolute Gasteiger partial charge is 0.497 e. The van der Waals surface area contributed by atoms with Crippen LogP contribution in [-0.2, 0) is 6.42 Å². The quantitative estimate of drug-likeness (QED) is 0.838. The third-order valence-electron chi connectivity index (χ3n) is 4.41. The van der Waals surface area contributed by atoms with Gasteiger partial charge in [-0.15, -0.1) is 0 Å². The maximum atomic E-state index is 5.31. The van der Waals surface area contributed by atoms with Crippen molar-refractivity contribution in [3.05, 3.63) is 41.5 Å². The van der Waals surface area contributed by atoms with E-state index in [1.54, 1.807) is 12.7 Å². The Morgan fingerprint density at radius 3 is 2.89 bits per heavy atom. The SMILES string of the molecule is CC=C1CCNC(Cc2cccc(OC)c2)C1(C)C. The molecule has 0 aromatic heterocycles. The molecular weight excluding hydrogens is 234 g/mol. The van der Waals surface area contributed by atoms with Crippen LogP contribution in [0.5, 0.6) is 5.75 Å². The van der Waals surface area contributed by atoms with Crippen molar-refractivity contribution in [2.45, 2.75) is 39.7 Å². The number of piperidine rings is 1. The van der Waals surface area contributed by atoms with Crippen LogP contribution in [0.2, 0.25) is 0 Å². The van der Waals surface area contributed by atoms with Crippen molar-refractivity contribution in [2.75, 3.05) is 13.7 Å². The highest BCUT2D eigenvalue weighted by atomic mass is 16.5. The minimum Gasteiger partial charge on any atom is -0.497 e. The zero-order chi connectivity index (χ0) is 13.9. The molecule has 0 aliphatic carbocycles. The summed E-state index contributed by atoms with van der Waals surface area (Å²) in [4.78, 5) is 0. The van der Waals surface area contributed by atoms with Crippen molar-refractivity contribution < 1.29 is 4.74 Å². The maximum Gasteiger partial charge on any atom is 0.119 e. The summed E-state index contributed by atoms with van der Waals surface area (Å²) in [7, 11) is 1.72. The lowest BCUT2D eigenvalue weighted by Gasteiger charge is -2.42. The van der Waals surface area contributed by atoms with E-state index in [0.29, 0.717) is 6.04 Å². The summed E-state index contributed by atoms with van der Waals surface area (Å²) in [6, 6.07) is 8.88. The van der Waals surface area contributed by atoms with Crippen molar-refractivity contribution in [3.63, 3.8) is 0 Å². The van der Waals surface area contributed by atoms with Gasteiger partial charge in [-0.2, -0.15) is 0 Å². The fourth-order valence-corrected chi connectivity index (χ4v) is 3.06. The molecule has 1 saturated heterocycles. The highest BCUT2D eigenvalue weighted by molar-refractivity contribution is 5.30. The molecule has 0 radical (unpaired) electrons. The van der Waals surface area contributed by atoms with Crippen LogP contribution in [0.15, 0.2) is 35.9 Å². The summed E-state index contributed by atoms with van der Waals surface area (Å²) in [5.41, 5.74) is 3.12. The lowest BCUT2D eigenvalue weighted by Crippen LogP contribution is -2.49. The fraction of sp³-hybridized carbons (Fsp3) is 0.529. The molecule has 0 bridgehead atoms. The van der Waals surface area contributed by atoms with Gasteiger partial charge in [-0.05, 0) is 44.0 Å². The van der Waals surface area contributed by atoms with Gasteiger partial charge in [0.2, 0.25) is 0 Å². The van der Waals surface area contributed by atoms with Gasteiger partial charge in [0.15, 0.2) is 0 Å². The lowest BCUT2D eigenvalue weighted by molar-refractivity contribution is 0.250. The maximum absolute atomic E-state index is 5.31. The first-order chi connectivity index (χ1) is 9.07. The predicted octanol–water partition coefficient (Wildman–Crippen LogP) is 3.57. The Hall–Kier alpha value is -1.28. The predicted molar refractivity (Wildman–Crippen MR) is 80.6 cm³/mol. The molecule has 0 saturated carbocycles. The van der Waals surface area contributed by atoms with Crippen LogP contribution in [0.1, 0.15) is 32.8 Å². The van der Waals surface area contributed by atoms with Crippen LogP contribution < -0.4 is 10.1 Å². The van der Waals surface area contributed by atoms with Gasteiger partial charge in [-0.25, -0.2) is 0 Å². The molecule has 0 amide bonds. The van der Waals surface area contributed by atoms with Gasteiger partial charge in [-0.1, -0.05) is 37.6 Å². The lowest BCUT2D eigenvalue weighted by atomic mass is 9.71. The van der Waals surface area contributed by atoms with Crippen molar-refractivity contribution >= 4 is 0 Å². The van der Waals surface area contributed by atoms with E-state index in [0.717, 1.165) is 25.1 Å². The van der Waals surface area contributed by atoms with Gasteiger partial charge >= 0.3 is 0 Å². The van der Waals surface area contributed by atoms with Crippen molar-refractivity contribution in [3.8, 4) is 5.75 Å². The van der Waals surface area contributed by atoms with E-state index in [9.17, 15) is 0 Å². The number of benzene rings is 1. The van der Waals surface area contributed by atoms with E-state index >= 15 is 0 Å². The van der Waals surface area contributed by atoms with E-state index in [-0.39, 0.29) is 5.41 Å². The topological polar surface area (TPSA) is 21.3 Å². The van der Waals surface area contributed by atoms with Crippen molar-refractivity contribution in [1.82, 2.24) is 5.32 Å². The molecule has 0 spiro atoms. The smallest absolute Gasteiger partial charge is 0.119 e. The summed E-state index contributed by atoms with van der Waals surface area (Å²) in [5.74, 6) is 0.942. The van der Waals surface area contributed by atoms with Crippen molar-refractivity contribution in [2.24, 2.45) is 5.41 Å². The zero-order valence-electron chi connectivity index (χ0n) is 12.5. The van der Waals surface area contributed by atoms with Gasteiger partial charge in [0, 0.05) is 11.5 Å². The van der Waals surface area contributed by atoms with Crippen LogP contribution in [0.4, 0.5) is 0 Å². The van der Waals surface area contributed by atoms with Crippen LogP contribution in [0, 0.1) is 5.41 Å². The first kappa shape index (κ1) is 14.1. The van der Waals surface area contributed by atoms with E-state index in [1.807, 2.05) is 6.07 Å². The van der Waals surface area contributed by atoms with Gasteiger partial charge in [-0.3, -0.25) is 0 Å². The molecule has 1 aromatic rings. The average molecular weight is 259 g/mol. The summed E-state index contributed by atoms with van der Waals surface area (Å²) in [6.07, 6.45) is 4.50. The average Bonchev–Trinajstić information content (AvgIpc) is 2.41. The molecule has 2 heteroatoms. The van der Waals surface area contributed by atoms with Gasteiger partial charge in [0.1, 0.15) is 5.75 Å². The number of methoxy groups -OCH3 is 1. The normalized spacial score (nSPS) is 24.4. The van der Waals surface area contributed by atoms with Crippen LogP contribution in [-0.4, -0.2) is 19.7 Å². The Balaban J connectivity index is 2.17. The molecule has 1 aliphatic heterocycles. The summed E-state index contributed by atoms with van der Waals surface area (Å²) in [5, 5.41) is 3.68. The molecule has 1 aliphatic rings. The van der Waals surface area contributed by atoms with Crippen LogP contribution >= 0.6 is 0 Å². The van der Waals surface area contributed by atoms with Crippen LogP contribution in [0.3, 0.4) is 0 Å². The third-order valence-corrected chi connectivity index (χ3v) is 4.41. The van der Waals surface area contributed by atoms with Gasteiger partial charge < -0.3 is 10.1 Å². The number of rotatable bonds is 3. The highest BCUT2D eigenvalue weighted by Gasteiger charge is 2.35. The van der Waals surface area contributed by atoms with Crippen molar-refractivity contribution in [1.29, 1.82) is 0 Å². The van der Waals surface area contributed by atoms with Gasteiger partial charge in [0.25, 0.3) is 0 Å². The minimum absolute atomic E-state index is 0.218. The second-order valence-corrected chi connectivity index (χ2v) is 5.85. The Morgan fingerprint density at radius 2 is 2.21 bits per heavy atom. The molecule has 1 heterocycles. The Kier molecular flexibility index (Phi) is 4.31. The molecule has 1 atom stereocenters. The Labute approximate surface area is 116 Å². The van der Waals surface area contributed by atoms with Crippen LogP contribution in [0.25, 0.3) is 0 Å². The monoisotopic (exact) mass is 259 g/mol. The standard InChI is InChI=1S/C17H25NO/c1-5-14-9-10-18-16(17(14,2)3)12-13-7-6-8-15(11-13)19-4/h5-8,11,16,18H,9-10,12H2,1-4H3. The summed E-state index contributed by atoms with van der Waals surface area (Å²) < 4.78 is 5.31. The number of nitrogens with one attached hydrogen (secondary N) is 1. The highest BCUT2D eigenvalue weighted by Crippen LogP contribution is 2.37. The van der Waals surface area contributed by atoms with E-state index < -0.39 is 0 Å². The van der Waals surface area contributed by atoms with E-state index in [1.165, 1.54) is 5.56 Å². The summed E-state index contributed by atoms with van der Waals surface area (Å²) >= 11 is 0. The molecule has 1 fully saturated rings. The molecule has 2 nitrogen and oxygen atoms in total. The third kappa shape index (κ3) is 3.01. The first-order valence-corrected chi connectivity index (χ1v) is 7.10. The van der Waals surface area contributed by atoms with Gasteiger partial charge in [0.05, 0.1) is 7.11 Å². The minimum atomic E-state index is 0.218. The summed E-state index contributed by atoms with van der Waals surface area (Å²) in [6.45, 7) is 7.93. The molecule has 1 N–H and O–H groups in total. The molecular formula is C17H25NO. The molecule has 2 rings (SSSR count). The molecule has 19 heavy (non-hydrogen) atoms. The molecule has 1 aromatic carbocycles. The molecule has 104 valence electrons. The van der Waals surface area contributed by atoms with E-state index in [2.05, 4.69) is 50.4 Å². The second-order valence-electron chi connectivity index (χ2n) is 5.85. The van der Waals surface area contributed by atoms with E-state index in [4.69, 9.17) is 4.74 Å². The second kappa shape index (κ2) is 5.79. The first-order valence-electron chi connectivity index (χ1n) is 7.10. The number of ether oxygens (including phenoxy) is 1. The Morgan fingerprint density at radius 1 is 1.42 bits per heavy atom. The molecule has 1 unspecified atom stereocenters. The number of hydrogen-bond donors (Lipinski definition) is 1.